The Morgan fingerprint density at radius 1 is 0.914 bits per heavy atom. The van der Waals surface area contributed by atoms with Crippen molar-refractivity contribution >= 4 is 5.91 Å². The molecule has 2 aliphatic rings. The van der Waals surface area contributed by atoms with E-state index in [0.717, 1.165) is 38.2 Å². The summed E-state index contributed by atoms with van der Waals surface area (Å²) in [6, 6.07) is 9.34. The average Bonchev–Trinajstić information content (AvgIpc) is 2.87. The monoisotopic (exact) mass is 491 g/mol. The molecule has 2 fully saturated rings. The number of nitrogens with one attached hydrogen (secondary N) is 1. The normalized spacial score (nSPS) is 18.5. The lowest BCUT2D eigenvalue weighted by molar-refractivity contribution is -0.137. The molecule has 2 aliphatic heterocycles. The zero-order chi connectivity index (χ0) is 24.8. The molecule has 0 aromatic heterocycles. The van der Waals surface area contributed by atoms with E-state index in [2.05, 4.69) is 15.1 Å². The highest BCUT2D eigenvalue weighted by molar-refractivity contribution is 5.95. The van der Waals surface area contributed by atoms with Crippen LogP contribution in [0.2, 0.25) is 0 Å². The summed E-state index contributed by atoms with van der Waals surface area (Å²) >= 11 is 0. The molecule has 1 N–H and O–H groups in total. The van der Waals surface area contributed by atoms with Crippen LogP contribution in [0.4, 0.5) is 17.6 Å². The molecule has 1 amide bonds. The Balaban J connectivity index is 1.21. The predicted molar refractivity (Wildman–Crippen MR) is 129 cm³/mol. The van der Waals surface area contributed by atoms with Crippen LogP contribution in [-0.2, 0) is 6.18 Å². The third-order valence-electron chi connectivity index (χ3n) is 7.16. The molecule has 0 bridgehead atoms. The van der Waals surface area contributed by atoms with Crippen LogP contribution in [0.15, 0.2) is 42.5 Å². The van der Waals surface area contributed by atoms with Gasteiger partial charge in [0.05, 0.1) is 11.1 Å². The zero-order valence-corrected chi connectivity index (χ0v) is 19.9. The number of amides is 1. The number of carbonyl (C=O) groups excluding carboxylic acids is 1. The fourth-order valence-corrected chi connectivity index (χ4v) is 5.12. The van der Waals surface area contributed by atoms with E-state index < -0.39 is 23.5 Å². The van der Waals surface area contributed by atoms with Gasteiger partial charge in [-0.2, -0.15) is 13.2 Å². The lowest BCUT2D eigenvalue weighted by Crippen LogP contribution is -2.47. The topological polar surface area (TPSA) is 35.6 Å². The summed E-state index contributed by atoms with van der Waals surface area (Å²) < 4.78 is 52.8. The molecule has 35 heavy (non-hydrogen) atoms. The summed E-state index contributed by atoms with van der Waals surface area (Å²) in [5.41, 5.74) is 0.0424. The van der Waals surface area contributed by atoms with E-state index in [4.69, 9.17) is 0 Å². The van der Waals surface area contributed by atoms with Crippen molar-refractivity contribution in [1.82, 2.24) is 15.1 Å². The summed E-state index contributed by atoms with van der Waals surface area (Å²) in [4.78, 5) is 17.5. The molecule has 2 aromatic carbocycles. The fourth-order valence-electron chi connectivity index (χ4n) is 5.12. The van der Waals surface area contributed by atoms with Gasteiger partial charge in [0.15, 0.2) is 0 Å². The number of benzene rings is 2. The molecule has 0 radical (unpaired) electrons. The first-order valence-corrected chi connectivity index (χ1v) is 12.5. The van der Waals surface area contributed by atoms with E-state index in [9.17, 15) is 22.4 Å². The molecule has 2 heterocycles. The van der Waals surface area contributed by atoms with Crippen molar-refractivity contribution in [2.45, 2.75) is 50.7 Å². The van der Waals surface area contributed by atoms with Crippen molar-refractivity contribution < 1.29 is 22.4 Å². The van der Waals surface area contributed by atoms with Crippen LogP contribution in [0.1, 0.15) is 54.4 Å². The second kappa shape index (κ2) is 11.5. The van der Waals surface area contributed by atoms with Gasteiger partial charge in [0.2, 0.25) is 0 Å². The first kappa shape index (κ1) is 25.6. The molecule has 8 heteroatoms. The van der Waals surface area contributed by atoms with Crippen molar-refractivity contribution in [3.63, 3.8) is 0 Å². The average molecular weight is 492 g/mol. The molecule has 4 rings (SSSR count). The van der Waals surface area contributed by atoms with Gasteiger partial charge in [-0.1, -0.05) is 24.6 Å². The molecule has 190 valence electrons. The minimum absolute atomic E-state index is 0.0667. The van der Waals surface area contributed by atoms with Crippen LogP contribution < -0.4 is 5.32 Å². The molecular formula is C27H33F4N3O. The number of piperidine rings is 2. The molecule has 2 aromatic rings. The third-order valence-corrected chi connectivity index (χ3v) is 7.16. The van der Waals surface area contributed by atoms with Gasteiger partial charge < -0.3 is 15.1 Å². The highest BCUT2D eigenvalue weighted by Crippen LogP contribution is 2.31. The maximum absolute atomic E-state index is 14.6. The number of hydrogen-bond acceptors (Lipinski definition) is 3. The van der Waals surface area contributed by atoms with Gasteiger partial charge in [-0.15, -0.1) is 0 Å². The van der Waals surface area contributed by atoms with Gasteiger partial charge in [0.25, 0.3) is 5.91 Å². The molecule has 4 nitrogen and oxygen atoms in total. The smallest absolute Gasteiger partial charge is 0.352 e. The minimum Gasteiger partial charge on any atom is -0.352 e. The first-order chi connectivity index (χ1) is 16.8. The van der Waals surface area contributed by atoms with E-state index in [1.54, 1.807) is 6.07 Å². The molecule has 0 unspecified atom stereocenters. The van der Waals surface area contributed by atoms with E-state index in [-0.39, 0.29) is 5.56 Å². The number of carbonyl (C=O) groups is 1. The first-order valence-electron chi connectivity index (χ1n) is 12.5. The lowest BCUT2D eigenvalue weighted by atomic mass is 10.00. The van der Waals surface area contributed by atoms with Crippen LogP contribution in [0.25, 0.3) is 11.1 Å². The van der Waals surface area contributed by atoms with Gasteiger partial charge in [-0.25, -0.2) is 4.39 Å². The molecule has 2 saturated heterocycles. The van der Waals surface area contributed by atoms with Crippen molar-refractivity contribution in [3.8, 4) is 11.1 Å². The van der Waals surface area contributed by atoms with Crippen molar-refractivity contribution in [2.75, 3.05) is 39.3 Å². The Kier molecular flexibility index (Phi) is 8.44. The number of halogens is 4. The highest BCUT2D eigenvalue weighted by Gasteiger charge is 2.30. The number of alkyl halides is 3. The summed E-state index contributed by atoms with van der Waals surface area (Å²) in [6.07, 6.45) is 2.76. The summed E-state index contributed by atoms with van der Waals surface area (Å²) in [7, 11) is 0. The SMILES string of the molecule is O=C(NCCCN1CCC(N2CCCCC2)CC1)c1ccc(-c2ccc(C(F)(F)F)cc2)cc1F. The second-order valence-corrected chi connectivity index (χ2v) is 9.55. The van der Waals surface area contributed by atoms with Gasteiger partial charge in [-0.05, 0) is 100 Å². The quantitative estimate of drug-likeness (QED) is 0.406. The van der Waals surface area contributed by atoms with Crippen LogP contribution in [0, 0.1) is 5.82 Å². The fraction of sp³-hybridized carbons (Fsp3) is 0.519. The Labute approximate surface area is 204 Å². The Morgan fingerprint density at radius 2 is 1.57 bits per heavy atom. The third kappa shape index (κ3) is 6.82. The molecular weight excluding hydrogens is 458 g/mol. The Morgan fingerprint density at radius 3 is 2.20 bits per heavy atom. The maximum Gasteiger partial charge on any atom is 0.416 e. The minimum atomic E-state index is -4.42. The van der Waals surface area contributed by atoms with Gasteiger partial charge in [0, 0.05) is 12.6 Å². The van der Waals surface area contributed by atoms with E-state index in [1.807, 2.05) is 0 Å². The second-order valence-electron chi connectivity index (χ2n) is 9.55. The standard InChI is InChI=1S/C27H33F4N3O/c28-25-19-21(20-5-8-22(9-6-20)27(29,30)31)7-10-24(25)26(35)32-13-4-14-33-17-11-23(12-18-33)34-15-2-1-3-16-34/h5-10,19,23H,1-4,11-18H2,(H,32,35). The van der Waals surface area contributed by atoms with Crippen LogP contribution in [0.5, 0.6) is 0 Å². The highest BCUT2D eigenvalue weighted by atomic mass is 19.4. The lowest BCUT2D eigenvalue weighted by Gasteiger charge is -2.40. The molecule has 0 saturated carbocycles. The van der Waals surface area contributed by atoms with Crippen LogP contribution in [0.3, 0.4) is 0 Å². The Hall–Kier alpha value is -2.45. The van der Waals surface area contributed by atoms with Crippen molar-refractivity contribution in [3.05, 3.63) is 59.4 Å². The van der Waals surface area contributed by atoms with Gasteiger partial charge >= 0.3 is 6.18 Å². The van der Waals surface area contributed by atoms with Gasteiger partial charge in [0.1, 0.15) is 5.82 Å². The van der Waals surface area contributed by atoms with Crippen molar-refractivity contribution in [2.24, 2.45) is 0 Å². The summed E-state index contributed by atoms with van der Waals surface area (Å²) in [5, 5.41) is 2.78. The molecule has 0 atom stereocenters. The zero-order valence-electron chi connectivity index (χ0n) is 19.9. The largest absolute Gasteiger partial charge is 0.416 e. The van der Waals surface area contributed by atoms with E-state index in [1.165, 1.54) is 69.5 Å². The number of hydrogen-bond donors (Lipinski definition) is 1. The summed E-state index contributed by atoms with van der Waals surface area (Å²) in [5.74, 6) is -1.18. The maximum atomic E-state index is 14.6. The van der Waals surface area contributed by atoms with E-state index >= 15 is 0 Å². The predicted octanol–water partition coefficient (Wildman–Crippen LogP) is 5.58. The Bertz CT molecular complexity index is 979. The van der Waals surface area contributed by atoms with Crippen molar-refractivity contribution in [1.29, 1.82) is 0 Å². The molecule has 0 aliphatic carbocycles. The summed E-state index contributed by atoms with van der Waals surface area (Å²) in [6.45, 7) is 5.99. The molecule has 0 spiro atoms. The van der Waals surface area contributed by atoms with Gasteiger partial charge in [-0.3, -0.25) is 4.79 Å². The van der Waals surface area contributed by atoms with Crippen LogP contribution in [-0.4, -0.2) is 61.0 Å². The number of likely N-dealkylation sites (tertiary alicyclic amines) is 2. The van der Waals surface area contributed by atoms with E-state index in [0.29, 0.717) is 23.7 Å². The number of rotatable bonds is 7. The number of nitrogens with zero attached hydrogens (tertiary/aromatic N) is 2. The van der Waals surface area contributed by atoms with Crippen LogP contribution >= 0.6 is 0 Å².